The fourth-order valence-corrected chi connectivity index (χ4v) is 2.81. The normalized spacial score (nSPS) is 12.7. The van der Waals surface area contributed by atoms with E-state index in [9.17, 15) is 14.0 Å². The Bertz CT molecular complexity index is 829. The number of hydrogen-bond acceptors (Lipinski definition) is 3. The molecule has 2 aromatic rings. The maximum absolute atomic E-state index is 13.0. The molecule has 5 nitrogen and oxygen atoms in total. The smallest absolute Gasteiger partial charge is 0.261 e. The SMILES string of the molecule is CC[C@@H](C)NC(=O)[C@H](C)N(Cc1ccccc1Cl)C(=O)COc1ccc(F)cc1. The van der Waals surface area contributed by atoms with Crippen LogP contribution in [0.1, 0.15) is 32.8 Å². The molecule has 0 saturated heterocycles. The first-order valence-corrected chi connectivity index (χ1v) is 9.91. The van der Waals surface area contributed by atoms with Gasteiger partial charge >= 0.3 is 0 Å². The number of nitrogens with zero attached hydrogens (tertiary/aromatic N) is 1. The topological polar surface area (TPSA) is 58.6 Å². The lowest BCUT2D eigenvalue weighted by Gasteiger charge is -2.30. The summed E-state index contributed by atoms with van der Waals surface area (Å²) in [5.41, 5.74) is 0.729. The van der Waals surface area contributed by atoms with Gasteiger partial charge < -0.3 is 15.0 Å². The van der Waals surface area contributed by atoms with Crippen molar-refractivity contribution in [2.24, 2.45) is 0 Å². The van der Waals surface area contributed by atoms with Gasteiger partial charge in [0.05, 0.1) is 0 Å². The van der Waals surface area contributed by atoms with E-state index in [2.05, 4.69) is 5.32 Å². The van der Waals surface area contributed by atoms with Crippen molar-refractivity contribution in [3.63, 3.8) is 0 Å². The van der Waals surface area contributed by atoms with Crippen LogP contribution in [-0.2, 0) is 16.1 Å². The third-order valence-electron chi connectivity index (χ3n) is 4.64. The first kappa shape index (κ1) is 22.7. The van der Waals surface area contributed by atoms with E-state index >= 15 is 0 Å². The monoisotopic (exact) mass is 420 g/mol. The molecule has 2 rings (SSSR count). The third kappa shape index (κ3) is 6.75. The van der Waals surface area contributed by atoms with Gasteiger partial charge in [-0.1, -0.05) is 36.7 Å². The molecule has 156 valence electrons. The molecule has 0 aromatic heterocycles. The Morgan fingerprint density at radius 3 is 2.41 bits per heavy atom. The molecule has 0 aliphatic rings. The minimum absolute atomic E-state index is 0.00215. The second kappa shape index (κ2) is 10.8. The molecular weight excluding hydrogens is 395 g/mol. The number of hydrogen-bond donors (Lipinski definition) is 1. The van der Waals surface area contributed by atoms with Gasteiger partial charge in [-0.15, -0.1) is 0 Å². The molecule has 2 amide bonds. The van der Waals surface area contributed by atoms with Gasteiger partial charge in [0.15, 0.2) is 6.61 Å². The second-order valence-electron chi connectivity index (χ2n) is 6.85. The van der Waals surface area contributed by atoms with Crippen molar-refractivity contribution in [1.82, 2.24) is 10.2 Å². The molecule has 1 N–H and O–H groups in total. The highest BCUT2D eigenvalue weighted by Gasteiger charge is 2.27. The standard InChI is InChI=1S/C22H26ClFN2O3/c1-4-15(2)25-22(28)16(3)26(13-17-7-5-6-8-20(17)23)21(27)14-29-19-11-9-18(24)10-12-19/h5-12,15-16H,4,13-14H2,1-3H3,(H,25,28)/t15-,16+/m1/s1. The zero-order chi connectivity index (χ0) is 21.4. The van der Waals surface area contributed by atoms with Gasteiger partial charge in [-0.3, -0.25) is 9.59 Å². The van der Waals surface area contributed by atoms with Gasteiger partial charge in [0, 0.05) is 17.6 Å². The van der Waals surface area contributed by atoms with Gasteiger partial charge in [0.1, 0.15) is 17.6 Å². The van der Waals surface area contributed by atoms with Crippen LogP contribution in [-0.4, -0.2) is 35.4 Å². The van der Waals surface area contributed by atoms with Crippen LogP contribution in [0, 0.1) is 5.82 Å². The van der Waals surface area contributed by atoms with Gasteiger partial charge in [-0.05, 0) is 56.2 Å². The number of amides is 2. The van der Waals surface area contributed by atoms with E-state index in [1.807, 2.05) is 26.0 Å². The van der Waals surface area contributed by atoms with Gasteiger partial charge in [0.2, 0.25) is 5.91 Å². The molecule has 2 aromatic carbocycles. The summed E-state index contributed by atoms with van der Waals surface area (Å²) in [6.07, 6.45) is 0.782. The molecule has 0 radical (unpaired) electrons. The van der Waals surface area contributed by atoms with Crippen molar-refractivity contribution in [2.45, 2.75) is 45.8 Å². The highest BCUT2D eigenvalue weighted by atomic mass is 35.5. The lowest BCUT2D eigenvalue weighted by molar-refractivity contribution is -0.142. The lowest BCUT2D eigenvalue weighted by Crippen LogP contribution is -2.50. The Morgan fingerprint density at radius 2 is 1.79 bits per heavy atom. The number of nitrogens with one attached hydrogen (secondary N) is 1. The molecule has 0 aliphatic carbocycles. The Hall–Kier alpha value is -2.60. The predicted octanol–water partition coefficient (Wildman–Crippen LogP) is 4.19. The molecule has 0 heterocycles. The molecule has 0 saturated carbocycles. The van der Waals surface area contributed by atoms with Crippen LogP contribution in [0.25, 0.3) is 0 Å². The number of ether oxygens (including phenoxy) is 1. The minimum Gasteiger partial charge on any atom is -0.484 e. The van der Waals surface area contributed by atoms with Crippen LogP contribution < -0.4 is 10.1 Å². The van der Waals surface area contributed by atoms with Gasteiger partial charge in [0.25, 0.3) is 5.91 Å². The van der Waals surface area contributed by atoms with Crippen LogP contribution in [0.5, 0.6) is 5.75 Å². The van der Waals surface area contributed by atoms with Crippen LogP contribution in [0.3, 0.4) is 0 Å². The molecule has 0 bridgehead atoms. The van der Waals surface area contributed by atoms with Crippen LogP contribution in [0.2, 0.25) is 5.02 Å². The van der Waals surface area contributed by atoms with Crippen LogP contribution in [0.15, 0.2) is 48.5 Å². The summed E-state index contributed by atoms with van der Waals surface area (Å²) < 4.78 is 18.5. The number of carbonyl (C=O) groups is 2. The first-order chi connectivity index (χ1) is 13.8. The highest BCUT2D eigenvalue weighted by Crippen LogP contribution is 2.19. The largest absolute Gasteiger partial charge is 0.484 e. The number of halogens is 2. The van der Waals surface area contributed by atoms with E-state index in [0.717, 1.165) is 12.0 Å². The molecular formula is C22H26ClFN2O3. The number of benzene rings is 2. The Balaban J connectivity index is 2.15. The summed E-state index contributed by atoms with van der Waals surface area (Å²) in [5, 5.41) is 3.41. The first-order valence-electron chi connectivity index (χ1n) is 9.53. The van der Waals surface area contributed by atoms with Crippen molar-refractivity contribution in [3.8, 4) is 5.75 Å². The summed E-state index contributed by atoms with van der Waals surface area (Å²) in [6, 6.07) is 11.8. The Kier molecular flexibility index (Phi) is 8.46. The van der Waals surface area contributed by atoms with E-state index in [1.165, 1.54) is 29.2 Å². The highest BCUT2D eigenvalue weighted by molar-refractivity contribution is 6.31. The fraction of sp³-hybridized carbons (Fsp3) is 0.364. The number of carbonyl (C=O) groups excluding carboxylic acids is 2. The summed E-state index contributed by atoms with van der Waals surface area (Å²) in [4.78, 5) is 27.0. The molecule has 0 unspecified atom stereocenters. The van der Waals surface area contributed by atoms with E-state index in [-0.39, 0.29) is 36.8 Å². The molecule has 7 heteroatoms. The van der Waals surface area contributed by atoms with Gasteiger partial charge in [-0.25, -0.2) is 4.39 Å². The molecule has 2 atom stereocenters. The minimum atomic E-state index is -0.718. The fourth-order valence-electron chi connectivity index (χ4n) is 2.62. The Morgan fingerprint density at radius 1 is 1.14 bits per heavy atom. The predicted molar refractivity (Wildman–Crippen MR) is 111 cm³/mol. The average Bonchev–Trinajstić information content (AvgIpc) is 2.71. The van der Waals surface area contributed by atoms with Gasteiger partial charge in [-0.2, -0.15) is 0 Å². The van der Waals surface area contributed by atoms with Crippen molar-refractivity contribution in [2.75, 3.05) is 6.61 Å². The summed E-state index contributed by atoms with van der Waals surface area (Å²) >= 11 is 6.25. The van der Waals surface area contributed by atoms with E-state index in [0.29, 0.717) is 10.8 Å². The van der Waals surface area contributed by atoms with Crippen molar-refractivity contribution >= 4 is 23.4 Å². The quantitative estimate of drug-likeness (QED) is 0.661. The van der Waals surface area contributed by atoms with Crippen LogP contribution in [0.4, 0.5) is 4.39 Å². The van der Waals surface area contributed by atoms with Crippen molar-refractivity contribution < 1.29 is 18.7 Å². The van der Waals surface area contributed by atoms with Crippen molar-refractivity contribution in [3.05, 3.63) is 64.9 Å². The third-order valence-corrected chi connectivity index (χ3v) is 5.01. The zero-order valence-electron chi connectivity index (χ0n) is 16.8. The maximum atomic E-state index is 13.0. The zero-order valence-corrected chi connectivity index (χ0v) is 17.6. The summed E-state index contributed by atoms with van der Waals surface area (Å²) in [5.74, 6) is -0.643. The lowest BCUT2D eigenvalue weighted by atomic mass is 10.1. The van der Waals surface area contributed by atoms with E-state index in [4.69, 9.17) is 16.3 Å². The van der Waals surface area contributed by atoms with E-state index in [1.54, 1.807) is 19.1 Å². The van der Waals surface area contributed by atoms with E-state index < -0.39 is 6.04 Å². The molecule has 0 aliphatic heterocycles. The molecule has 0 fully saturated rings. The summed E-state index contributed by atoms with van der Waals surface area (Å²) in [6.45, 7) is 5.43. The number of rotatable bonds is 9. The van der Waals surface area contributed by atoms with Crippen LogP contribution >= 0.6 is 11.6 Å². The summed E-state index contributed by atoms with van der Waals surface area (Å²) in [7, 11) is 0. The molecule has 29 heavy (non-hydrogen) atoms. The second-order valence-corrected chi connectivity index (χ2v) is 7.26. The van der Waals surface area contributed by atoms with Crippen molar-refractivity contribution in [1.29, 1.82) is 0 Å². The average molecular weight is 421 g/mol. The molecule has 0 spiro atoms. The maximum Gasteiger partial charge on any atom is 0.261 e. The Labute approximate surface area is 175 Å².